The van der Waals surface area contributed by atoms with Gasteiger partial charge >= 0.3 is 0 Å². The van der Waals surface area contributed by atoms with Gasteiger partial charge in [-0.15, -0.1) is 0 Å². The van der Waals surface area contributed by atoms with Gasteiger partial charge < -0.3 is 15.0 Å². The van der Waals surface area contributed by atoms with Gasteiger partial charge in [-0.3, -0.25) is 13.9 Å². The molecule has 0 radical (unpaired) electrons. The van der Waals surface area contributed by atoms with Crippen molar-refractivity contribution in [2.45, 2.75) is 52.1 Å². The number of sulfonamides is 1. The van der Waals surface area contributed by atoms with Crippen LogP contribution < -0.4 is 14.4 Å². The molecule has 0 aliphatic carbocycles. The largest absolute Gasteiger partial charge is 0.497 e. The summed E-state index contributed by atoms with van der Waals surface area (Å²) < 4.78 is 31.2. The Labute approximate surface area is 209 Å². The Morgan fingerprint density at radius 2 is 1.60 bits per heavy atom. The highest BCUT2D eigenvalue weighted by molar-refractivity contribution is 7.92. The van der Waals surface area contributed by atoms with Crippen LogP contribution in [0.1, 0.15) is 39.2 Å². The van der Waals surface area contributed by atoms with E-state index in [2.05, 4.69) is 5.32 Å². The molecule has 2 aromatic carbocycles. The zero-order valence-corrected chi connectivity index (χ0v) is 22.0. The lowest BCUT2D eigenvalue weighted by Gasteiger charge is -2.30. The van der Waals surface area contributed by atoms with Crippen molar-refractivity contribution in [3.63, 3.8) is 0 Å². The summed E-state index contributed by atoms with van der Waals surface area (Å²) in [6.45, 7) is 6.01. The number of benzene rings is 2. The van der Waals surface area contributed by atoms with Gasteiger partial charge in [0, 0.05) is 25.6 Å². The van der Waals surface area contributed by atoms with Crippen LogP contribution in [0.3, 0.4) is 0 Å². The van der Waals surface area contributed by atoms with Crippen molar-refractivity contribution in [3.8, 4) is 5.75 Å². The lowest BCUT2D eigenvalue weighted by atomic mass is 10.1. The third-order valence-corrected chi connectivity index (χ3v) is 6.79. The summed E-state index contributed by atoms with van der Waals surface area (Å²) in [5.74, 6) is 0.230. The van der Waals surface area contributed by atoms with Crippen molar-refractivity contribution in [1.29, 1.82) is 0 Å². The van der Waals surface area contributed by atoms with Crippen LogP contribution in [0.4, 0.5) is 5.69 Å². The Morgan fingerprint density at radius 3 is 2.14 bits per heavy atom. The Morgan fingerprint density at radius 1 is 0.971 bits per heavy atom. The number of methoxy groups -OCH3 is 1. The third-order valence-electron chi connectivity index (χ3n) is 5.60. The van der Waals surface area contributed by atoms with E-state index in [0.29, 0.717) is 30.8 Å². The molecule has 0 aromatic heterocycles. The minimum absolute atomic E-state index is 0.0381. The van der Waals surface area contributed by atoms with Gasteiger partial charge in [-0.05, 0) is 63.4 Å². The fraction of sp³-hybridized carbons (Fsp3) is 0.462. The molecule has 0 saturated heterocycles. The first kappa shape index (κ1) is 28.2. The maximum Gasteiger partial charge on any atom is 0.242 e. The van der Waals surface area contributed by atoms with Gasteiger partial charge in [-0.25, -0.2) is 8.42 Å². The quantitative estimate of drug-likeness (QED) is 0.453. The highest BCUT2D eigenvalue weighted by Crippen LogP contribution is 2.22. The van der Waals surface area contributed by atoms with Gasteiger partial charge in [0.15, 0.2) is 0 Å². The van der Waals surface area contributed by atoms with Crippen LogP contribution in [0.25, 0.3) is 0 Å². The number of hydrogen-bond acceptors (Lipinski definition) is 5. The van der Waals surface area contributed by atoms with E-state index >= 15 is 0 Å². The van der Waals surface area contributed by atoms with E-state index in [1.807, 2.05) is 44.2 Å². The van der Waals surface area contributed by atoms with Gasteiger partial charge in [-0.1, -0.05) is 30.3 Å². The third kappa shape index (κ3) is 8.90. The first-order chi connectivity index (χ1) is 16.5. The molecular weight excluding hydrogens is 466 g/mol. The molecular formula is C26H37N3O5S. The van der Waals surface area contributed by atoms with E-state index in [-0.39, 0.29) is 30.8 Å². The Kier molecular flexibility index (Phi) is 10.6. The molecule has 1 N–H and O–H groups in total. The summed E-state index contributed by atoms with van der Waals surface area (Å²) in [5, 5.41) is 2.87. The molecule has 0 aliphatic rings. The zero-order valence-electron chi connectivity index (χ0n) is 21.2. The number of nitrogens with one attached hydrogen (secondary N) is 1. The smallest absolute Gasteiger partial charge is 0.242 e. The predicted molar refractivity (Wildman–Crippen MR) is 139 cm³/mol. The number of anilines is 1. The number of rotatable bonds is 13. The molecule has 9 heteroatoms. The fourth-order valence-corrected chi connectivity index (χ4v) is 4.69. The molecule has 0 heterocycles. The summed E-state index contributed by atoms with van der Waals surface area (Å²) >= 11 is 0. The van der Waals surface area contributed by atoms with Gasteiger partial charge in [0.1, 0.15) is 11.8 Å². The van der Waals surface area contributed by atoms with Crippen molar-refractivity contribution in [2.75, 3.05) is 30.8 Å². The van der Waals surface area contributed by atoms with Crippen LogP contribution in [0.2, 0.25) is 0 Å². The van der Waals surface area contributed by atoms with Crippen LogP contribution in [0, 0.1) is 0 Å². The molecule has 192 valence electrons. The van der Waals surface area contributed by atoms with Gasteiger partial charge in [-0.2, -0.15) is 0 Å². The van der Waals surface area contributed by atoms with Crippen molar-refractivity contribution in [3.05, 3.63) is 60.2 Å². The van der Waals surface area contributed by atoms with Crippen LogP contribution >= 0.6 is 0 Å². The second kappa shape index (κ2) is 13.1. The average Bonchev–Trinajstić information content (AvgIpc) is 2.81. The Hall–Kier alpha value is -3.07. The molecule has 8 nitrogen and oxygen atoms in total. The normalized spacial score (nSPS) is 12.2. The van der Waals surface area contributed by atoms with Crippen molar-refractivity contribution in [1.82, 2.24) is 10.2 Å². The van der Waals surface area contributed by atoms with E-state index in [1.165, 1.54) is 4.31 Å². The standard InChI is InChI=1S/C26H37N3O5S/c1-20(2)27-26(31)21(3)28(19-17-22-10-7-6-8-11-22)25(30)12-9-18-29(35(5,32)33)23-13-15-24(34-4)16-14-23/h6-8,10-11,13-16,20-21H,9,12,17-19H2,1-5H3,(H,27,31)/t21-/m1/s1. The first-order valence-electron chi connectivity index (χ1n) is 11.8. The number of nitrogens with zero attached hydrogens (tertiary/aromatic N) is 2. The van der Waals surface area contributed by atoms with Crippen molar-refractivity contribution < 1.29 is 22.7 Å². The zero-order chi connectivity index (χ0) is 26.0. The van der Waals surface area contributed by atoms with Crippen LogP contribution in [-0.4, -0.2) is 63.7 Å². The average molecular weight is 504 g/mol. The molecule has 35 heavy (non-hydrogen) atoms. The van der Waals surface area contributed by atoms with Gasteiger partial charge in [0.05, 0.1) is 19.1 Å². The number of amides is 2. The predicted octanol–water partition coefficient (Wildman–Crippen LogP) is 3.23. The monoisotopic (exact) mass is 503 g/mol. The summed E-state index contributed by atoms with van der Waals surface area (Å²) in [6.07, 6.45) is 2.20. The summed E-state index contributed by atoms with van der Waals surface area (Å²) in [4.78, 5) is 27.5. The second-order valence-corrected chi connectivity index (χ2v) is 10.7. The summed E-state index contributed by atoms with van der Waals surface area (Å²) in [5.41, 5.74) is 1.58. The molecule has 1 atom stereocenters. The van der Waals surface area contributed by atoms with E-state index in [1.54, 1.807) is 43.2 Å². The molecule has 2 aromatic rings. The van der Waals surface area contributed by atoms with E-state index in [4.69, 9.17) is 4.74 Å². The minimum Gasteiger partial charge on any atom is -0.497 e. The SMILES string of the molecule is COc1ccc(N(CCCC(=O)N(CCc2ccccc2)[C@H](C)C(=O)NC(C)C)S(C)(=O)=O)cc1. The molecule has 0 saturated carbocycles. The maximum absolute atomic E-state index is 13.2. The minimum atomic E-state index is -3.54. The van der Waals surface area contributed by atoms with E-state index in [0.717, 1.165) is 11.8 Å². The maximum atomic E-state index is 13.2. The molecule has 0 spiro atoms. The topological polar surface area (TPSA) is 96.0 Å². The van der Waals surface area contributed by atoms with Crippen LogP contribution in [0.15, 0.2) is 54.6 Å². The first-order valence-corrected chi connectivity index (χ1v) is 13.6. The van der Waals surface area contributed by atoms with Crippen molar-refractivity contribution >= 4 is 27.5 Å². The Bertz CT molecular complexity index is 1060. The number of carbonyl (C=O) groups is 2. The van der Waals surface area contributed by atoms with E-state index in [9.17, 15) is 18.0 Å². The van der Waals surface area contributed by atoms with Gasteiger partial charge in [0.25, 0.3) is 0 Å². The molecule has 0 aliphatic heterocycles. The number of carbonyl (C=O) groups excluding carboxylic acids is 2. The lowest BCUT2D eigenvalue weighted by Crippen LogP contribution is -2.50. The number of hydrogen-bond donors (Lipinski definition) is 1. The van der Waals surface area contributed by atoms with Crippen LogP contribution in [-0.2, 0) is 26.0 Å². The Balaban J connectivity index is 2.10. The number of ether oxygens (including phenoxy) is 1. The molecule has 0 unspecified atom stereocenters. The highest BCUT2D eigenvalue weighted by atomic mass is 32.2. The second-order valence-electron chi connectivity index (χ2n) is 8.80. The van der Waals surface area contributed by atoms with E-state index < -0.39 is 16.1 Å². The molecule has 2 amide bonds. The lowest BCUT2D eigenvalue weighted by molar-refractivity contribution is -0.140. The molecule has 0 fully saturated rings. The fourth-order valence-electron chi connectivity index (χ4n) is 3.73. The molecule has 0 bridgehead atoms. The molecule has 2 rings (SSSR count). The summed E-state index contributed by atoms with van der Waals surface area (Å²) in [6, 6.07) is 15.8. The summed E-state index contributed by atoms with van der Waals surface area (Å²) in [7, 11) is -2.00. The van der Waals surface area contributed by atoms with Crippen LogP contribution in [0.5, 0.6) is 5.75 Å². The van der Waals surface area contributed by atoms with Crippen molar-refractivity contribution in [2.24, 2.45) is 0 Å². The highest BCUT2D eigenvalue weighted by Gasteiger charge is 2.26. The van der Waals surface area contributed by atoms with Gasteiger partial charge in [0.2, 0.25) is 21.8 Å².